The summed E-state index contributed by atoms with van der Waals surface area (Å²) in [5.41, 5.74) is 2.10. The Morgan fingerprint density at radius 2 is 2.20 bits per heavy atom. The van der Waals surface area contributed by atoms with Gasteiger partial charge in [-0.3, -0.25) is 9.36 Å². The Hall–Kier alpha value is -1.79. The zero-order valence-corrected chi connectivity index (χ0v) is 11.9. The number of aliphatic hydroxyl groups is 1. The number of aromatic nitrogens is 3. The number of benzene rings is 1. The molecule has 0 atom stereocenters. The third-order valence-electron chi connectivity index (χ3n) is 3.21. The fourth-order valence-corrected chi connectivity index (χ4v) is 3.10. The van der Waals surface area contributed by atoms with Crippen molar-refractivity contribution in [3.05, 3.63) is 34.6 Å². The van der Waals surface area contributed by atoms with Crippen LogP contribution in [0, 0.1) is 0 Å². The summed E-state index contributed by atoms with van der Waals surface area (Å²) in [6, 6.07) is 7.76. The Morgan fingerprint density at radius 3 is 2.95 bits per heavy atom. The third kappa shape index (κ3) is 2.01. The topological polar surface area (TPSA) is 70.9 Å². The van der Waals surface area contributed by atoms with Gasteiger partial charge in [0, 0.05) is 23.2 Å². The Balaban J connectivity index is 2.34. The molecule has 0 unspecified atom stereocenters. The van der Waals surface area contributed by atoms with Crippen LogP contribution in [0.3, 0.4) is 0 Å². The van der Waals surface area contributed by atoms with Gasteiger partial charge in [0.2, 0.25) is 0 Å². The van der Waals surface area contributed by atoms with Crippen molar-refractivity contribution >= 4 is 33.7 Å². The predicted molar refractivity (Wildman–Crippen MR) is 81.3 cm³/mol. The summed E-state index contributed by atoms with van der Waals surface area (Å²) < 4.78 is 1.64. The minimum Gasteiger partial charge on any atom is -0.396 e. The van der Waals surface area contributed by atoms with Crippen LogP contribution in [0.4, 0.5) is 0 Å². The molecule has 0 fully saturated rings. The molecule has 2 aromatic heterocycles. The molecule has 2 N–H and O–H groups in total. The van der Waals surface area contributed by atoms with Gasteiger partial charge in [-0.1, -0.05) is 30.0 Å². The Kier molecular flexibility index (Phi) is 3.50. The third-order valence-corrected chi connectivity index (χ3v) is 4.17. The quantitative estimate of drug-likeness (QED) is 0.569. The molecule has 6 heteroatoms. The van der Waals surface area contributed by atoms with E-state index in [0.717, 1.165) is 10.9 Å². The van der Waals surface area contributed by atoms with E-state index in [4.69, 9.17) is 5.11 Å². The number of rotatable bonds is 4. The van der Waals surface area contributed by atoms with E-state index >= 15 is 0 Å². The van der Waals surface area contributed by atoms with Gasteiger partial charge < -0.3 is 10.1 Å². The largest absolute Gasteiger partial charge is 0.396 e. The maximum Gasteiger partial charge on any atom is 0.278 e. The average molecular weight is 289 g/mol. The predicted octanol–water partition coefficient (Wildman–Crippen LogP) is 1.98. The highest BCUT2D eigenvalue weighted by molar-refractivity contribution is 7.99. The van der Waals surface area contributed by atoms with Crippen LogP contribution in [0.5, 0.6) is 0 Å². The molecule has 0 aliphatic heterocycles. The number of aliphatic hydroxyl groups excluding tert-OH is 1. The molecule has 0 aliphatic carbocycles. The summed E-state index contributed by atoms with van der Waals surface area (Å²) in [6.07, 6.45) is 0. The smallest absolute Gasteiger partial charge is 0.278 e. The Morgan fingerprint density at radius 1 is 1.40 bits per heavy atom. The van der Waals surface area contributed by atoms with E-state index in [9.17, 15) is 4.79 Å². The summed E-state index contributed by atoms with van der Waals surface area (Å²) in [5.74, 6) is 0.528. The van der Waals surface area contributed by atoms with E-state index < -0.39 is 0 Å². The van der Waals surface area contributed by atoms with Crippen LogP contribution < -0.4 is 5.56 Å². The summed E-state index contributed by atoms with van der Waals surface area (Å²) in [7, 11) is 0. The van der Waals surface area contributed by atoms with Gasteiger partial charge in [0.25, 0.3) is 5.56 Å². The van der Waals surface area contributed by atoms with Crippen LogP contribution >= 0.6 is 11.8 Å². The maximum atomic E-state index is 12.5. The molecule has 0 radical (unpaired) electrons. The highest BCUT2D eigenvalue weighted by atomic mass is 32.2. The first-order valence-electron chi connectivity index (χ1n) is 6.51. The van der Waals surface area contributed by atoms with Gasteiger partial charge in [0.15, 0.2) is 5.16 Å². The molecule has 1 aromatic carbocycles. The van der Waals surface area contributed by atoms with Crippen LogP contribution in [0.15, 0.2) is 34.2 Å². The standard InChI is InChI=1S/C14H15N3O2S/c1-2-17-13(19)12-11(16-14(17)20-8-7-18)9-5-3-4-6-10(9)15-12/h3-6,15,18H,2,7-8H2,1H3. The summed E-state index contributed by atoms with van der Waals surface area (Å²) in [6.45, 7) is 2.54. The lowest BCUT2D eigenvalue weighted by atomic mass is 10.2. The molecular weight excluding hydrogens is 274 g/mol. The van der Waals surface area contributed by atoms with Gasteiger partial charge in [-0.15, -0.1) is 0 Å². The molecule has 0 spiro atoms. The van der Waals surface area contributed by atoms with Crippen molar-refractivity contribution in [1.82, 2.24) is 14.5 Å². The fourth-order valence-electron chi connectivity index (χ4n) is 2.30. The normalized spacial score (nSPS) is 11.5. The summed E-state index contributed by atoms with van der Waals surface area (Å²) in [5, 5.41) is 10.6. The van der Waals surface area contributed by atoms with Gasteiger partial charge in [-0.05, 0) is 13.0 Å². The van der Waals surface area contributed by atoms with Gasteiger partial charge in [-0.2, -0.15) is 0 Å². The highest BCUT2D eigenvalue weighted by Gasteiger charge is 2.14. The van der Waals surface area contributed by atoms with E-state index in [-0.39, 0.29) is 12.2 Å². The van der Waals surface area contributed by atoms with Crippen molar-refractivity contribution in [2.24, 2.45) is 0 Å². The number of hydrogen-bond donors (Lipinski definition) is 2. The molecule has 5 nitrogen and oxygen atoms in total. The highest BCUT2D eigenvalue weighted by Crippen LogP contribution is 2.24. The molecule has 0 amide bonds. The lowest BCUT2D eigenvalue weighted by Crippen LogP contribution is -2.22. The first-order valence-corrected chi connectivity index (χ1v) is 7.49. The van der Waals surface area contributed by atoms with Crippen molar-refractivity contribution in [1.29, 1.82) is 0 Å². The molecule has 3 rings (SSSR count). The first kappa shape index (κ1) is 13.2. The molecule has 20 heavy (non-hydrogen) atoms. The zero-order chi connectivity index (χ0) is 14.1. The maximum absolute atomic E-state index is 12.5. The molecule has 0 saturated carbocycles. The van der Waals surface area contributed by atoms with E-state index in [1.54, 1.807) is 4.57 Å². The Labute approximate surface area is 119 Å². The SMILES string of the molecule is CCn1c(SCCO)nc2c([nH]c3ccccc32)c1=O. The van der Waals surface area contributed by atoms with Gasteiger partial charge >= 0.3 is 0 Å². The second-order valence-electron chi connectivity index (χ2n) is 4.41. The van der Waals surface area contributed by atoms with Crippen molar-refractivity contribution < 1.29 is 5.11 Å². The van der Waals surface area contributed by atoms with Crippen LogP contribution in [-0.2, 0) is 6.54 Å². The van der Waals surface area contributed by atoms with Gasteiger partial charge in [0.1, 0.15) is 11.0 Å². The van der Waals surface area contributed by atoms with Crippen molar-refractivity contribution in [2.75, 3.05) is 12.4 Å². The second kappa shape index (κ2) is 5.30. The van der Waals surface area contributed by atoms with E-state index in [0.29, 0.717) is 28.5 Å². The number of fused-ring (bicyclic) bond motifs is 3. The molecule has 2 heterocycles. The zero-order valence-electron chi connectivity index (χ0n) is 11.1. The molecular formula is C14H15N3O2S. The van der Waals surface area contributed by atoms with E-state index in [1.807, 2.05) is 31.2 Å². The minimum absolute atomic E-state index is 0.0610. The molecule has 0 bridgehead atoms. The van der Waals surface area contributed by atoms with Gasteiger partial charge in [-0.25, -0.2) is 4.98 Å². The van der Waals surface area contributed by atoms with Gasteiger partial charge in [0.05, 0.1) is 6.61 Å². The van der Waals surface area contributed by atoms with E-state index in [1.165, 1.54) is 11.8 Å². The summed E-state index contributed by atoms with van der Waals surface area (Å²) >= 11 is 1.40. The average Bonchev–Trinajstić information content (AvgIpc) is 2.84. The van der Waals surface area contributed by atoms with Crippen molar-refractivity contribution in [3.63, 3.8) is 0 Å². The number of aromatic amines is 1. The first-order chi connectivity index (χ1) is 9.76. The van der Waals surface area contributed by atoms with Crippen LogP contribution in [0.25, 0.3) is 21.9 Å². The summed E-state index contributed by atoms with van der Waals surface area (Å²) in [4.78, 5) is 20.3. The lowest BCUT2D eigenvalue weighted by Gasteiger charge is -2.08. The fraction of sp³-hybridized carbons (Fsp3) is 0.286. The number of H-pyrrole nitrogens is 1. The number of thioether (sulfide) groups is 1. The lowest BCUT2D eigenvalue weighted by molar-refractivity contribution is 0.322. The molecule has 3 aromatic rings. The van der Waals surface area contributed by atoms with Crippen molar-refractivity contribution in [2.45, 2.75) is 18.6 Å². The monoisotopic (exact) mass is 289 g/mol. The van der Waals surface area contributed by atoms with E-state index in [2.05, 4.69) is 9.97 Å². The van der Waals surface area contributed by atoms with Crippen molar-refractivity contribution in [3.8, 4) is 0 Å². The van der Waals surface area contributed by atoms with Crippen LogP contribution in [0.2, 0.25) is 0 Å². The molecule has 0 saturated heterocycles. The molecule has 0 aliphatic rings. The number of nitrogens with zero attached hydrogens (tertiary/aromatic N) is 2. The number of para-hydroxylation sites is 1. The van der Waals surface area contributed by atoms with Crippen LogP contribution in [-0.4, -0.2) is 32.0 Å². The second-order valence-corrected chi connectivity index (χ2v) is 5.47. The number of nitrogens with one attached hydrogen (secondary N) is 1. The Bertz CT molecular complexity index is 822. The molecule has 104 valence electrons. The minimum atomic E-state index is -0.0610. The van der Waals surface area contributed by atoms with Crippen LogP contribution in [0.1, 0.15) is 6.92 Å². The number of hydrogen-bond acceptors (Lipinski definition) is 4.